The lowest BCUT2D eigenvalue weighted by atomic mass is 9.81. The Morgan fingerprint density at radius 2 is 1.76 bits per heavy atom. The summed E-state index contributed by atoms with van der Waals surface area (Å²) >= 11 is 0.753. The molecule has 2 unspecified atom stereocenters. The van der Waals surface area contributed by atoms with Gasteiger partial charge < -0.3 is 15.5 Å². The highest BCUT2D eigenvalue weighted by molar-refractivity contribution is 7.13. The Morgan fingerprint density at radius 3 is 2.36 bits per heavy atom. The van der Waals surface area contributed by atoms with Crippen LogP contribution in [0.5, 0.6) is 0 Å². The molecule has 3 aliphatic carbocycles. The molecule has 0 aromatic carbocycles. The van der Waals surface area contributed by atoms with E-state index in [1.54, 1.807) is 0 Å². The number of unbranched alkanes of at least 4 members (excludes halogenated alkanes) is 1. The summed E-state index contributed by atoms with van der Waals surface area (Å²) in [4.78, 5) is 32.3. The maximum atomic E-state index is 13.2. The van der Waals surface area contributed by atoms with Gasteiger partial charge in [0.15, 0.2) is 10.8 Å². The number of allylic oxidation sites excluding steroid dienone is 2. The summed E-state index contributed by atoms with van der Waals surface area (Å²) < 4.78 is 38.6. The molecule has 2 N–H and O–H groups in total. The number of thiazole rings is 1. The van der Waals surface area contributed by atoms with Crippen LogP contribution in [-0.2, 0) is 15.8 Å². The minimum atomic E-state index is -4.55. The predicted octanol–water partition coefficient (Wildman–Crippen LogP) is 3.92. The lowest BCUT2D eigenvalue weighted by Gasteiger charge is -2.26. The van der Waals surface area contributed by atoms with Gasteiger partial charge in [0.1, 0.15) is 0 Å². The summed E-state index contributed by atoms with van der Waals surface area (Å²) in [5.41, 5.74) is -1.04. The second-order valence-electron chi connectivity index (χ2n) is 9.79. The second-order valence-corrected chi connectivity index (χ2v) is 10.7. The second kappa shape index (κ2) is 8.69. The number of carbonyl (C=O) groups excluding carboxylic acids is 2. The first-order chi connectivity index (χ1) is 15.8. The summed E-state index contributed by atoms with van der Waals surface area (Å²) in [7, 11) is 0. The molecule has 2 saturated carbocycles. The molecule has 1 saturated heterocycles. The number of aromatic nitrogens is 1. The molecule has 0 radical (unpaired) electrons. The van der Waals surface area contributed by atoms with Crippen LogP contribution < -0.4 is 10.6 Å². The van der Waals surface area contributed by atoms with Crippen molar-refractivity contribution in [3.05, 3.63) is 23.2 Å². The number of nitrogens with one attached hydrogen (secondary N) is 2. The summed E-state index contributed by atoms with van der Waals surface area (Å²) in [6.45, 7) is 3.94. The number of amides is 2. The molecule has 10 heteroatoms. The Kier molecular flexibility index (Phi) is 6.01. The standard InChI is InChI=1S/C23H29F3N4O2S/c24-23(25,26)16-13-33-21(28-16)29-20(32)18-15-6-5-14(22(15)7-8-22)17(18)19(31)27-9-1-2-10-30-11-3-4-12-30/h5-6,13-15,17-18H,1-4,7-12H2,(H,27,31)(H,28,29,32)/t14?,15?,17-,18-/m1/s1. The van der Waals surface area contributed by atoms with Crippen LogP contribution in [-0.4, -0.2) is 47.9 Å². The number of anilines is 1. The minimum Gasteiger partial charge on any atom is -0.356 e. The van der Waals surface area contributed by atoms with Crippen molar-refractivity contribution in [1.82, 2.24) is 15.2 Å². The molecule has 3 fully saturated rings. The number of rotatable bonds is 8. The van der Waals surface area contributed by atoms with E-state index < -0.39 is 29.6 Å². The van der Waals surface area contributed by atoms with Gasteiger partial charge in [-0.3, -0.25) is 9.59 Å². The van der Waals surface area contributed by atoms with Crippen molar-refractivity contribution >= 4 is 28.3 Å². The maximum Gasteiger partial charge on any atom is 0.434 e. The van der Waals surface area contributed by atoms with Crippen LogP contribution in [0, 0.1) is 29.1 Å². The number of hydrogen-bond acceptors (Lipinski definition) is 5. The quantitative estimate of drug-likeness (QED) is 0.435. The van der Waals surface area contributed by atoms with Gasteiger partial charge in [-0.15, -0.1) is 11.3 Å². The van der Waals surface area contributed by atoms with Crippen LogP contribution in [0.1, 0.15) is 44.2 Å². The van der Waals surface area contributed by atoms with Gasteiger partial charge in [-0.1, -0.05) is 12.2 Å². The third kappa shape index (κ3) is 4.32. The van der Waals surface area contributed by atoms with Gasteiger partial charge in [-0.25, -0.2) is 4.98 Å². The number of nitrogens with zero attached hydrogens (tertiary/aromatic N) is 2. The molecular formula is C23H29F3N4O2S. The molecule has 33 heavy (non-hydrogen) atoms. The third-order valence-corrected chi connectivity index (χ3v) is 8.63. The molecular weight excluding hydrogens is 453 g/mol. The van der Waals surface area contributed by atoms with Gasteiger partial charge in [-0.2, -0.15) is 13.2 Å². The zero-order valence-electron chi connectivity index (χ0n) is 18.4. The van der Waals surface area contributed by atoms with E-state index in [1.165, 1.54) is 12.8 Å². The topological polar surface area (TPSA) is 74.3 Å². The molecule has 1 aliphatic heterocycles. The molecule has 1 aromatic rings. The van der Waals surface area contributed by atoms with Gasteiger partial charge >= 0.3 is 6.18 Å². The van der Waals surface area contributed by atoms with E-state index in [0.29, 0.717) is 6.54 Å². The number of likely N-dealkylation sites (tertiary alicyclic amines) is 1. The highest BCUT2D eigenvalue weighted by Crippen LogP contribution is 2.72. The zero-order valence-corrected chi connectivity index (χ0v) is 19.2. The average molecular weight is 483 g/mol. The van der Waals surface area contributed by atoms with E-state index in [4.69, 9.17) is 0 Å². The average Bonchev–Trinajstić information content (AvgIpc) is 3.11. The Hall–Kier alpha value is -1.94. The Labute approximate surface area is 195 Å². The van der Waals surface area contributed by atoms with Crippen molar-refractivity contribution in [2.24, 2.45) is 29.1 Å². The fourth-order valence-corrected chi connectivity index (χ4v) is 6.88. The molecule has 1 aromatic heterocycles. The molecule has 4 atom stereocenters. The lowest BCUT2D eigenvalue weighted by Crippen LogP contribution is -2.42. The molecule has 6 nitrogen and oxygen atoms in total. The first kappa shape index (κ1) is 22.8. The van der Waals surface area contributed by atoms with Crippen molar-refractivity contribution in [2.75, 3.05) is 31.5 Å². The summed E-state index contributed by atoms with van der Waals surface area (Å²) in [5, 5.41) is 6.42. The van der Waals surface area contributed by atoms with Gasteiger partial charge in [0.05, 0.1) is 11.8 Å². The first-order valence-corrected chi connectivity index (χ1v) is 12.7. The Bertz CT molecular complexity index is 936. The highest BCUT2D eigenvalue weighted by atomic mass is 32.1. The van der Waals surface area contributed by atoms with Crippen LogP contribution in [0.3, 0.4) is 0 Å². The van der Waals surface area contributed by atoms with Crippen molar-refractivity contribution in [3.63, 3.8) is 0 Å². The predicted molar refractivity (Wildman–Crippen MR) is 118 cm³/mol. The number of hydrogen-bond donors (Lipinski definition) is 2. The molecule has 2 heterocycles. The van der Waals surface area contributed by atoms with Crippen molar-refractivity contribution < 1.29 is 22.8 Å². The SMILES string of the molecule is O=C(NCCCCN1CCCC1)[C@@H]1C2C=CC([C@H]1C(=O)Nc1nc(C(F)(F)F)cs1)C21CC1. The molecule has 2 amide bonds. The van der Waals surface area contributed by atoms with Crippen LogP contribution in [0.4, 0.5) is 18.3 Å². The van der Waals surface area contributed by atoms with Crippen LogP contribution in [0.25, 0.3) is 0 Å². The fourth-order valence-electron chi connectivity index (χ4n) is 6.16. The van der Waals surface area contributed by atoms with Gasteiger partial charge in [-0.05, 0) is 75.4 Å². The minimum absolute atomic E-state index is 0.0184. The van der Waals surface area contributed by atoms with E-state index >= 15 is 0 Å². The largest absolute Gasteiger partial charge is 0.434 e. The van der Waals surface area contributed by atoms with Crippen molar-refractivity contribution in [1.29, 1.82) is 0 Å². The first-order valence-electron chi connectivity index (χ1n) is 11.8. The smallest absolute Gasteiger partial charge is 0.356 e. The van der Waals surface area contributed by atoms with Crippen molar-refractivity contribution in [3.8, 4) is 0 Å². The molecule has 2 bridgehead atoms. The van der Waals surface area contributed by atoms with Gasteiger partial charge in [0.2, 0.25) is 11.8 Å². The molecule has 4 aliphatic rings. The van der Waals surface area contributed by atoms with Gasteiger partial charge in [0.25, 0.3) is 0 Å². The number of alkyl halides is 3. The summed E-state index contributed by atoms with van der Waals surface area (Å²) in [6, 6.07) is 0. The zero-order chi connectivity index (χ0) is 23.2. The molecule has 5 rings (SSSR count). The van der Waals surface area contributed by atoms with E-state index in [2.05, 4.69) is 26.6 Å². The van der Waals surface area contributed by atoms with Crippen LogP contribution in [0.2, 0.25) is 0 Å². The Morgan fingerprint density at radius 1 is 1.09 bits per heavy atom. The highest BCUT2D eigenvalue weighted by Gasteiger charge is 2.69. The van der Waals surface area contributed by atoms with Crippen LogP contribution in [0.15, 0.2) is 17.5 Å². The van der Waals surface area contributed by atoms with E-state index in [-0.39, 0.29) is 28.3 Å². The monoisotopic (exact) mass is 482 g/mol. The Balaban J connectivity index is 1.21. The number of carbonyl (C=O) groups is 2. The third-order valence-electron chi connectivity index (χ3n) is 7.87. The maximum absolute atomic E-state index is 13.2. The number of halogens is 3. The van der Waals surface area contributed by atoms with E-state index in [0.717, 1.165) is 62.0 Å². The van der Waals surface area contributed by atoms with Crippen molar-refractivity contribution in [2.45, 2.75) is 44.7 Å². The molecule has 1 spiro atoms. The normalized spacial score (nSPS) is 29.7. The lowest BCUT2D eigenvalue weighted by molar-refractivity contribution is -0.140. The van der Waals surface area contributed by atoms with E-state index in [1.807, 2.05) is 6.08 Å². The van der Waals surface area contributed by atoms with Crippen LogP contribution >= 0.6 is 11.3 Å². The fraction of sp³-hybridized carbons (Fsp3) is 0.696. The summed E-state index contributed by atoms with van der Waals surface area (Å²) in [6.07, 6.45) is 5.95. The van der Waals surface area contributed by atoms with E-state index in [9.17, 15) is 22.8 Å². The van der Waals surface area contributed by atoms with Gasteiger partial charge in [0, 0.05) is 11.9 Å². The molecule has 180 valence electrons. The summed E-state index contributed by atoms with van der Waals surface area (Å²) in [5.74, 6) is -1.61.